The van der Waals surface area contributed by atoms with E-state index in [9.17, 15) is 4.79 Å². The molecule has 25 heavy (non-hydrogen) atoms. The van der Waals surface area contributed by atoms with Crippen LogP contribution < -0.4 is 5.32 Å². The van der Waals surface area contributed by atoms with Crippen molar-refractivity contribution >= 4 is 11.8 Å². The Labute approximate surface area is 148 Å². The standard InChI is InChI=1S/C19H25N5O/c1-15-5-3-7-18(21-15)22-19(25)24-10-8-17(14-24)13-23(2)12-16-6-4-9-20-11-16/h3-7,9,11,17H,8,10,12-14H2,1-2H3,(H,21,22,25)/t17-/m1/s1. The van der Waals surface area contributed by atoms with Crippen molar-refractivity contribution in [2.45, 2.75) is 19.9 Å². The molecule has 1 fully saturated rings. The van der Waals surface area contributed by atoms with E-state index in [1.54, 1.807) is 6.20 Å². The van der Waals surface area contributed by atoms with Crippen molar-refractivity contribution in [1.82, 2.24) is 19.8 Å². The smallest absolute Gasteiger partial charge is 0.323 e. The molecule has 3 heterocycles. The number of hydrogen-bond acceptors (Lipinski definition) is 4. The topological polar surface area (TPSA) is 61.4 Å². The highest BCUT2D eigenvalue weighted by atomic mass is 16.2. The Bertz CT molecular complexity index is 706. The fourth-order valence-corrected chi connectivity index (χ4v) is 3.28. The molecule has 1 aliphatic heterocycles. The van der Waals surface area contributed by atoms with Gasteiger partial charge in [-0.25, -0.2) is 9.78 Å². The zero-order valence-electron chi connectivity index (χ0n) is 14.9. The van der Waals surface area contributed by atoms with E-state index in [0.717, 1.165) is 38.3 Å². The van der Waals surface area contributed by atoms with Gasteiger partial charge in [0.1, 0.15) is 5.82 Å². The van der Waals surface area contributed by atoms with Gasteiger partial charge >= 0.3 is 6.03 Å². The zero-order chi connectivity index (χ0) is 17.6. The third-order valence-electron chi connectivity index (χ3n) is 4.44. The largest absolute Gasteiger partial charge is 0.324 e. The molecule has 2 aromatic rings. The number of pyridine rings is 2. The van der Waals surface area contributed by atoms with Crippen LogP contribution in [0.4, 0.5) is 10.6 Å². The van der Waals surface area contributed by atoms with Crippen molar-refractivity contribution < 1.29 is 4.79 Å². The van der Waals surface area contributed by atoms with Crippen LogP contribution in [0.3, 0.4) is 0 Å². The van der Waals surface area contributed by atoms with Crippen molar-refractivity contribution in [1.29, 1.82) is 0 Å². The second-order valence-electron chi connectivity index (χ2n) is 6.75. The number of likely N-dealkylation sites (tertiary alicyclic amines) is 1. The minimum Gasteiger partial charge on any atom is -0.324 e. The summed E-state index contributed by atoms with van der Waals surface area (Å²) in [5, 5.41) is 2.89. The SMILES string of the molecule is Cc1cccc(NC(=O)N2CC[C@H](CN(C)Cc3cccnc3)C2)n1. The Kier molecular flexibility index (Phi) is 5.60. The Balaban J connectivity index is 1.47. The zero-order valence-corrected chi connectivity index (χ0v) is 14.9. The van der Waals surface area contributed by atoms with E-state index in [1.807, 2.05) is 42.3 Å². The summed E-state index contributed by atoms with van der Waals surface area (Å²) in [6.07, 6.45) is 4.73. The van der Waals surface area contributed by atoms with Gasteiger partial charge in [0.15, 0.2) is 0 Å². The maximum Gasteiger partial charge on any atom is 0.323 e. The summed E-state index contributed by atoms with van der Waals surface area (Å²) in [6, 6.07) is 9.63. The van der Waals surface area contributed by atoms with Gasteiger partial charge in [-0.2, -0.15) is 0 Å². The summed E-state index contributed by atoms with van der Waals surface area (Å²) in [7, 11) is 2.12. The minimum absolute atomic E-state index is 0.0597. The summed E-state index contributed by atoms with van der Waals surface area (Å²) < 4.78 is 0. The molecule has 0 spiro atoms. The lowest BCUT2D eigenvalue weighted by atomic mass is 10.1. The van der Waals surface area contributed by atoms with Crippen LogP contribution in [0.25, 0.3) is 0 Å². The van der Waals surface area contributed by atoms with E-state index in [1.165, 1.54) is 5.56 Å². The predicted molar refractivity (Wildman–Crippen MR) is 98.2 cm³/mol. The minimum atomic E-state index is -0.0597. The van der Waals surface area contributed by atoms with Crippen LogP contribution in [-0.4, -0.2) is 52.5 Å². The molecule has 1 saturated heterocycles. The number of urea groups is 1. The van der Waals surface area contributed by atoms with Gasteiger partial charge in [-0.3, -0.25) is 10.3 Å². The quantitative estimate of drug-likeness (QED) is 0.910. The molecule has 0 radical (unpaired) electrons. The lowest BCUT2D eigenvalue weighted by Gasteiger charge is -2.21. The van der Waals surface area contributed by atoms with Crippen LogP contribution in [0.15, 0.2) is 42.7 Å². The van der Waals surface area contributed by atoms with Crippen LogP contribution in [0, 0.1) is 12.8 Å². The van der Waals surface area contributed by atoms with Gasteiger partial charge in [0.05, 0.1) is 0 Å². The summed E-state index contributed by atoms with van der Waals surface area (Å²) in [6.45, 7) is 5.35. The molecule has 1 atom stereocenters. The molecule has 0 bridgehead atoms. The molecule has 2 aromatic heterocycles. The van der Waals surface area contributed by atoms with Crippen LogP contribution in [0.1, 0.15) is 17.7 Å². The van der Waals surface area contributed by atoms with Crippen LogP contribution in [0.2, 0.25) is 0 Å². The molecule has 1 aliphatic rings. The number of nitrogens with one attached hydrogen (secondary N) is 1. The van der Waals surface area contributed by atoms with Gasteiger partial charge in [0.25, 0.3) is 0 Å². The molecule has 132 valence electrons. The van der Waals surface area contributed by atoms with Gasteiger partial charge in [-0.1, -0.05) is 12.1 Å². The highest BCUT2D eigenvalue weighted by molar-refractivity contribution is 5.88. The van der Waals surface area contributed by atoms with Crippen molar-refractivity contribution in [3.05, 3.63) is 54.0 Å². The lowest BCUT2D eigenvalue weighted by Crippen LogP contribution is -2.34. The average Bonchev–Trinajstić information content (AvgIpc) is 3.04. The maximum atomic E-state index is 12.4. The van der Waals surface area contributed by atoms with Crippen molar-refractivity contribution in [3.8, 4) is 0 Å². The van der Waals surface area contributed by atoms with Crippen molar-refractivity contribution in [2.75, 3.05) is 32.0 Å². The maximum absolute atomic E-state index is 12.4. The second-order valence-corrected chi connectivity index (χ2v) is 6.75. The molecule has 1 N–H and O–H groups in total. The molecular formula is C19H25N5O. The average molecular weight is 339 g/mol. The number of rotatable bonds is 5. The first-order valence-electron chi connectivity index (χ1n) is 8.67. The second kappa shape index (κ2) is 8.07. The molecule has 3 rings (SSSR count). The van der Waals surface area contributed by atoms with E-state index in [0.29, 0.717) is 11.7 Å². The Morgan fingerprint density at radius 3 is 3.00 bits per heavy atom. The van der Waals surface area contributed by atoms with E-state index >= 15 is 0 Å². The number of amides is 2. The Hall–Kier alpha value is -2.47. The van der Waals surface area contributed by atoms with Gasteiger partial charge in [0.2, 0.25) is 0 Å². The molecule has 0 aromatic carbocycles. The number of nitrogens with zero attached hydrogens (tertiary/aromatic N) is 4. The Morgan fingerprint density at radius 2 is 2.24 bits per heavy atom. The first kappa shape index (κ1) is 17.4. The first-order chi connectivity index (χ1) is 12.1. The van der Waals surface area contributed by atoms with Gasteiger partial charge in [-0.15, -0.1) is 0 Å². The van der Waals surface area contributed by atoms with Crippen LogP contribution in [0.5, 0.6) is 0 Å². The van der Waals surface area contributed by atoms with Gasteiger partial charge in [0, 0.05) is 44.3 Å². The van der Waals surface area contributed by atoms with E-state index in [2.05, 4.69) is 33.3 Å². The summed E-state index contributed by atoms with van der Waals surface area (Å²) in [4.78, 5) is 25.1. The fraction of sp³-hybridized carbons (Fsp3) is 0.421. The highest BCUT2D eigenvalue weighted by Gasteiger charge is 2.27. The monoisotopic (exact) mass is 339 g/mol. The molecule has 2 amide bonds. The molecular weight excluding hydrogens is 314 g/mol. The molecule has 6 heteroatoms. The van der Waals surface area contributed by atoms with E-state index < -0.39 is 0 Å². The van der Waals surface area contributed by atoms with E-state index in [4.69, 9.17) is 0 Å². The van der Waals surface area contributed by atoms with E-state index in [-0.39, 0.29) is 6.03 Å². The molecule has 0 unspecified atom stereocenters. The number of carbonyl (C=O) groups excluding carboxylic acids is 1. The molecule has 0 saturated carbocycles. The normalized spacial score (nSPS) is 17.1. The number of carbonyl (C=O) groups is 1. The number of aromatic nitrogens is 2. The van der Waals surface area contributed by atoms with Gasteiger partial charge in [-0.05, 0) is 50.1 Å². The van der Waals surface area contributed by atoms with Crippen molar-refractivity contribution in [2.24, 2.45) is 5.92 Å². The van der Waals surface area contributed by atoms with Crippen molar-refractivity contribution in [3.63, 3.8) is 0 Å². The molecule has 6 nitrogen and oxygen atoms in total. The lowest BCUT2D eigenvalue weighted by molar-refractivity contribution is 0.216. The number of hydrogen-bond donors (Lipinski definition) is 1. The predicted octanol–water partition coefficient (Wildman–Crippen LogP) is 2.77. The van der Waals surface area contributed by atoms with Crippen LogP contribution in [-0.2, 0) is 6.54 Å². The summed E-state index contributed by atoms with van der Waals surface area (Å²) in [5.41, 5.74) is 2.11. The van der Waals surface area contributed by atoms with Crippen LogP contribution >= 0.6 is 0 Å². The summed E-state index contributed by atoms with van der Waals surface area (Å²) >= 11 is 0. The number of aryl methyl sites for hydroxylation is 1. The Morgan fingerprint density at radius 1 is 1.36 bits per heavy atom. The third kappa shape index (κ3) is 5.00. The highest BCUT2D eigenvalue weighted by Crippen LogP contribution is 2.19. The third-order valence-corrected chi connectivity index (χ3v) is 4.44. The molecule has 0 aliphatic carbocycles. The first-order valence-corrected chi connectivity index (χ1v) is 8.67. The van der Waals surface area contributed by atoms with Gasteiger partial charge < -0.3 is 9.80 Å². The fourth-order valence-electron chi connectivity index (χ4n) is 3.28. The summed E-state index contributed by atoms with van der Waals surface area (Å²) in [5.74, 6) is 1.11. The number of anilines is 1.